The van der Waals surface area contributed by atoms with Crippen molar-refractivity contribution in [3.8, 4) is 0 Å². The van der Waals surface area contributed by atoms with Gasteiger partial charge < -0.3 is 9.53 Å². The van der Waals surface area contributed by atoms with E-state index in [4.69, 9.17) is 4.43 Å². The highest BCUT2D eigenvalue weighted by Gasteiger charge is 2.39. The van der Waals surface area contributed by atoms with Crippen molar-refractivity contribution >= 4 is 8.32 Å². The molecule has 1 aliphatic rings. The highest BCUT2D eigenvalue weighted by Crippen LogP contribution is 2.39. The molecule has 3 nitrogen and oxygen atoms in total. The molecule has 0 atom stereocenters. The topological polar surface area (TPSA) is 42.4 Å². The Morgan fingerprint density at radius 2 is 1.83 bits per heavy atom. The third kappa shape index (κ3) is 5.40. The molecule has 0 unspecified atom stereocenters. The molecule has 1 heterocycles. The third-order valence-electron chi connectivity index (χ3n) is 5.84. The minimum atomic E-state index is -1.70. The van der Waals surface area contributed by atoms with Crippen LogP contribution in [-0.2, 0) is 10.8 Å². The zero-order valence-electron chi connectivity index (χ0n) is 16.1. The van der Waals surface area contributed by atoms with Gasteiger partial charge in [-0.1, -0.05) is 26.8 Å². The molecule has 0 spiro atoms. The number of hydrogen-bond acceptors (Lipinski definition) is 3. The van der Waals surface area contributed by atoms with Crippen LogP contribution in [0.2, 0.25) is 18.1 Å². The van der Waals surface area contributed by atoms with Crippen molar-refractivity contribution < 1.29 is 9.53 Å². The van der Waals surface area contributed by atoms with Crippen LogP contribution in [0.25, 0.3) is 0 Å². The predicted octanol–water partition coefficient (Wildman–Crippen LogP) is 5.10. The first kappa shape index (κ1) is 19.6. The largest absolute Gasteiger partial charge is 0.414 e. The summed E-state index contributed by atoms with van der Waals surface area (Å²) < 4.78 is 6.61. The highest BCUT2D eigenvalue weighted by molar-refractivity contribution is 6.74. The molecule has 24 heavy (non-hydrogen) atoms. The van der Waals surface area contributed by atoms with Crippen LogP contribution < -0.4 is 0 Å². The second kappa shape index (κ2) is 7.67. The van der Waals surface area contributed by atoms with Crippen LogP contribution in [0.1, 0.15) is 65.0 Å². The number of rotatable bonds is 4. The Balaban J connectivity index is 1.91. The van der Waals surface area contributed by atoms with Gasteiger partial charge in [0.1, 0.15) is 0 Å². The standard InChI is InChI=1S/C20H35NO2Si/c1-19(2,3)24(4,5)23-18-11-8-13-20(22,14-9-12-18)16-17-10-6-7-15-21-17/h6-7,10,15,18,22H,8-9,11-14,16H2,1-5H3. The van der Waals surface area contributed by atoms with Gasteiger partial charge in [0, 0.05) is 24.4 Å². The molecule has 0 amide bonds. The van der Waals surface area contributed by atoms with Gasteiger partial charge in [-0.15, -0.1) is 0 Å². The summed E-state index contributed by atoms with van der Waals surface area (Å²) in [5.74, 6) is 0. The minimum absolute atomic E-state index is 0.259. The molecule has 0 bridgehead atoms. The SMILES string of the molecule is CC(C)(C)[Si](C)(C)OC1CCCC(O)(Cc2ccccn2)CCC1. The van der Waals surface area contributed by atoms with Crippen LogP contribution in [0, 0.1) is 0 Å². The lowest BCUT2D eigenvalue weighted by Gasteiger charge is -2.40. The lowest BCUT2D eigenvalue weighted by Crippen LogP contribution is -2.44. The van der Waals surface area contributed by atoms with Gasteiger partial charge in [-0.05, 0) is 68.8 Å². The molecule has 1 aromatic rings. The van der Waals surface area contributed by atoms with Gasteiger partial charge in [0.15, 0.2) is 8.32 Å². The molecule has 136 valence electrons. The summed E-state index contributed by atoms with van der Waals surface area (Å²) in [6.07, 6.45) is 8.73. The van der Waals surface area contributed by atoms with Crippen molar-refractivity contribution in [3.63, 3.8) is 0 Å². The van der Waals surface area contributed by atoms with Crippen molar-refractivity contribution in [3.05, 3.63) is 30.1 Å². The highest BCUT2D eigenvalue weighted by atomic mass is 28.4. The molecule has 4 heteroatoms. The van der Waals surface area contributed by atoms with Gasteiger partial charge in [0.2, 0.25) is 0 Å². The average molecular weight is 350 g/mol. The fourth-order valence-electron chi connectivity index (χ4n) is 3.31. The molecule has 0 aromatic carbocycles. The predicted molar refractivity (Wildman–Crippen MR) is 103 cm³/mol. The number of hydrogen-bond donors (Lipinski definition) is 1. The van der Waals surface area contributed by atoms with Crippen molar-refractivity contribution in [2.45, 2.75) is 95.6 Å². The normalized spacial score (nSPS) is 26.7. The summed E-state index contributed by atoms with van der Waals surface area (Å²) in [5, 5.41) is 11.3. The van der Waals surface area contributed by atoms with Crippen molar-refractivity contribution in [1.82, 2.24) is 4.98 Å². The van der Waals surface area contributed by atoms with E-state index in [0.29, 0.717) is 12.5 Å². The van der Waals surface area contributed by atoms with E-state index >= 15 is 0 Å². The first-order chi connectivity index (χ1) is 11.1. The zero-order chi connectivity index (χ0) is 17.8. The zero-order valence-corrected chi connectivity index (χ0v) is 17.1. The van der Waals surface area contributed by atoms with Gasteiger partial charge in [-0.3, -0.25) is 4.98 Å². The maximum atomic E-state index is 11.0. The molecule has 1 saturated carbocycles. The molecule has 2 rings (SSSR count). The molecule has 0 saturated heterocycles. The lowest BCUT2D eigenvalue weighted by molar-refractivity contribution is 0.00269. The summed E-state index contributed by atoms with van der Waals surface area (Å²) in [5.41, 5.74) is 0.394. The average Bonchev–Trinajstić information content (AvgIpc) is 2.44. The van der Waals surface area contributed by atoms with Crippen LogP contribution in [0.3, 0.4) is 0 Å². The van der Waals surface area contributed by atoms with Gasteiger partial charge in [0.05, 0.1) is 5.60 Å². The van der Waals surface area contributed by atoms with E-state index in [0.717, 1.165) is 44.2 Å². The van der Waals surface area contributed by atoms with Gasteiger partial charge >= 0.3 is 0 Å². The molecular formula is C20H35NO2Si. The molecular weight excluding hydrogens is 314 g/mol. The Morgan fingerprint density at radius 1 is 1.21 bits per heavy atom. The molecule has 1 aromatic heterocycles. The summed E-state index contributed by atoms with van der Waals surface area (Å²) in [6.45, 7) is 11.6. The minimum Gasteiger partial charge on any atom is -0.414 e. The third-order valence-corrected chi connectivity index (χ3v) is 10.4. The van der Waals surface area contributed by atoms with Gasteiger partial charge in [-0.2, -0.15) is 0 Å². The first-order valence-corrected chi connectivity index (χ1v) is 12.3. The van der Waals surface area contributed by atoms with E-state index in [-0.39, 0.29) is 5.04 Å². The second-order valence-electron chi connectivity index (χ2n) is 9.01. The molecule has 1 aliphatic carbocycles. The van der Waals surface area contributed by atoms with E-state index in [2.05, 4.69) is 38.8 Å². The Labute approximate surface area is 149 Å². The van der Waals surface area contributed by atoms with E-state index in [9.17, 15) is 5.11 Å². The number of aromatic nitrogens is 1. The fourth-order valence-corrected chi connectivity index (χ4v) is 4.74. The van der Waals surface area contributed by atoms with E-state index in [1.165, 1.54) is 0 Å². The van der Waals surface area contributed by atoms with Gasteiger partial charge in [0.25, 0.3) is 0 Å². The lowest BCUT2D eigenvalue weighted by atomic mass is 9.83. The maximum absolute atomic E-state index is 11.0. The van der Waals surface area contributed by atoms with Crippen molar-refractivity contribution in [2.24, 2.45) is 0 Å². The van der Waals surface area contributed by atoms with Crippen LogP contribution in [0.4, 0.5) is 0 Å². The molecule has 1 N–H and O–H groups in total. The van der Waals surface area contributed by atoms with Crippen molar-refractivity contribution in [2.75, 3.05) is 0 Å². The Morgan fingerprint density at radius 3 is 2.33 bits per heavy atom. The monoisotopic (exact) mass is 349 g/mol. The Bertz CT molecular complexity index is 500. The number of aliphatic hydroxyl groups is 1. The maximum Gasteiger partial charge on any atom is 0.192 e. The quantitative estimate of drug-likeness (QED) is 0.769. The van der Waals surface area contributed by atoms with E-state index in [1.807, 2.05) is 24.4 Å². The Hall–Kier alpha value is -0.713. The smallest absolute Gasteiger partial charge is 0.192 e. The summed E-state index contributed by atoms with van der Waals surface area (Å²) >= 11 is 0. The summed E-state index contributed by atoms with van der Waals surface area (Å²) in [4.78, 5) is 4.38. The second-order valence-corrected chi connectivity index (χ2v) is 13.8. The number of nitrogens with zero attached hydrogens (tertiary/aromatic N) is 1. The summed E-state index contributed by atoms with van der Waals surface area (Å²) in [6, 6.07) is 5.94. The summed E-state index contributed by atoms with van der Waals surface area (Å²) in [7, 11) is -1.70. The van der Waals surface area contributed by atoms with Crippen LogP contribution >= 0.6 is 0 Å². The van der Waals surface area contributed by atoms with Crippen LogP contribution in [0.5, 0.6) is 0 Å². The van der Waals surface area contributed by atoms with E-state index < -0.39 is 13.9 Å². The molecule has 1 fully saturated rings. The van der Waals surface area contributed by atoms with Crippen LogP contribution in [0.15, 0.2) is 24.4 Å². The molecule has 0 radical (unpaired) electrons. The van der Waals surface area contributed by atoms with Crippen molar-refractivity contribution in [1.29, 1.82) is 0 Å². The van der Waals surface area contributed by atoms with Gasteiger partial charge in [-0.25, -0.2) is 0 Å². The van der Waals surface area contributed by atoms with E-state index in [1.54, 1.807) is 0 Å². The van der Waals surface area contributed by atoms with Crippen LogP contribution in [-0.4, -0.2) is 30.1 Å². The fraction of sp³-hybridized carbons (Fsp3) is 0.750. The first-order valence-electron chi connectivity index (χ1n) is 9.41. The Kier molecular flexibility index (Phi) is 6.27. The number of pyridine rings is 1. The molecule has 0 aliphatic heterocycles.